The number of hydrogen-bond donors (Lipinski definition) is 2. The molecule has 2 aliphatic rings. The molecule has 0 radical (unpaired) electrons. The number of piperazine rings is 1. The van der Waals surface area contributed by atoms with Crippen molar-refractivity contribution in [2.45, 2.75) is 6.04 Å². The number of rotatable bonds is 4. The number of furan rings is 1. The van der Waals surface area contributed by atoms with Crippen LogP contribution in [0.3, 0.4) is 0 Å². The highest BCUT2D eigenvalue weighted by atomic mass is 16.5. The maximum absolute atomic E-state index is 13.4. The van der Waals surface area contributed by atoms with Crippen molar-refractivity contribution in [3.63, 3.8) is 0 Å². The van der Waals surface area contributed by atoms with Gasteiger partial charge in [-0.25, -0.2) is 4.79 Å². The molecule has 2 aliphatic heterocycles. The SMILES string of the molecule is COc1cc(NC(=O)N2CCN3C(=O)c4cc(-c5ccco5)ccc4NC(=O)C3C2)cc(OC)c1. The molecular weight excluding hydrogens is 452 g/mol. The third-order valence-corrected chi connectivity index (χ3v) is 6.15. The second-order valence-corrected chi connectivity index (χ2v) is 8.22. The lowest BCUT2D eigenvalue weighted by atomic mass is 10.1. The Bertz CT molecular complexity index is 1270. The largest absolute Gasteiger partial charge is 0.497 e. The van der Waals surface area contributed by atoms with E-state index in [2.05, 4.69) is 10.6 Å². The highest BCUT2D eigenvalue weighted by molar-refractivity contribution is 6.11. The molecule has 0 bridgehead atoms. The molecular formula is C25H24N4O6. The number of anilines is 2. The average molecular weight is 476 g/mol. The smallest absolute Gasteiger partial charge is 0.321 e. The molecule has 0 spiro atoms. The van der Waals surface area contributed by atoms with Gasteiger partial charge in [-0.05, 0) is 30.3 Å². The minimum Gasteiger partial charge on any atom is -0.497 e. The Morgan fingerprint density at radius 1 is 1.06 bits per heavy atom. The molecule has 180 valence electrons. The van der Waals surface area contributed by atoms with Crippen molar-refractivity contribution in [3.8, 4) is 22.8 Å². The molecule has 1 fully saturated rings. The van der Waals surface area contributed by atoms with E-state index in [9.17, 15) is 14.4 Å². The van der Waals surface area contributed by atoms with Crippen molar-refractivity contribution in [1.29, 1.82) is 0 Å². The van der Waals surface area contributed by atoms with Crippen LogP contribution >= 0.6 is 0 Å². The zero-order valence-corrected chi connectivity index (χ0v) is 19.2. The van der Waals surface area contributed by atoms with E-state index in [0.717, 1.165) is 5.56 Å². The van der Waals surface area contributed by atoms with Crippen LogP contribution in [0.2, 0.25) is 0 Å². The molecule has 10 heteroatoms. The Kier molecular flexibility index (Phi) is 5.77. The number of hydrogen-bond acceptors (Lipinski definition) is 6. The number of carbonyl (C=O) groups excluding carboxylic acids is 3. The number of carbonyl (C=O) groups is 3. The monoisotopic (exact) mass is 476 g/mol. The van der Waals surface area contributed by atoms with Gasteiger partial charge in [0, 0.05) is 42.5 Å². The first-order valence-corrected chi connectivity index (χ1v) is 11.1. The second-order valence-electron chi connectivity index (χ2n) is 8.22. The van der Waals surface area contributed by atoms with Crippen LogP contribution in [0.25, 0.3) is 11.3 Å². The fourth-order valence-corrected chi connectivity index (χ4v) is 4.31. The summed E-state index contributed by atoms with van der Waals surface area (Å²) in [4.78, 5) is 42.5. The topological polar surface area (TPSA) is 113 Å². The van der Waals surface area contributed by atoms with Crippen LogP contribution in [0.15, 0.2) is 59.2 Å². The zero-order chi connectivity index (χ0) is 24.5. The number of fused-ring (bicyclic) bond motifs is 2. The van der Waals surface area contributed by atoms with Gasteiger partial charge in [-0.15, -0.1) is 0 Å². The van der Waals surface area contributed by atoms with Gasteiger partial charge in [-0.3, -0.25) is 9.59 Å². The third-order valence-electron chi connectivity index (χ3n) is 6.15. The van der Waals surface area contributed by atoms with Crippen LogP contribution in [0, 0.1) is 0 Å². The van der Waals surface area contributed by atoms with E-state index in [1.807, 2.05) is 0 Å². The van der Waals surface area contributed by atoms with Crippen LogP contribution in [-0.2, 0) is 4.79 Å². The molecule has 35 heavy (non-hydrogen) atoms. The third kappa shape index (κ3) is 4.25. The van der Waals surface area contributed by atoms with Gasteiger partial charge in [-0.1, -0.05) is 0 Å². The number of ether oxygens (including phenoxy) is 2. The molecule has 5 rings (SSSR count). The van der Waals surface area contributed by atoms with E-state index >= 15 is 0 Å². The van der Waals surface area contributed by atoms with Gasteiger partial charge in [0.25, 0.3) is 5.91 Å². The maximum Gasteiger partial charge on any atom is 0.321 e. The summed E-state index contributed by atoms with van der Waals surface area (Å²) in [7, 11) is 3.05. The van der Waals surface area contributed by atoms with Gasteiger partial charge in [0.05, 0.1) is 38.3 Å². The first-order chi connectivity index (χ1) is 17.0. The highest BCUT2D eigenvalue weighted by Gasteiger charge is 2.40. The number of nitrogens with zero attached hydrogens (tertiary/aromatic N) is 2. The molecule has 1 aromatic heterocycles. The van der Waals surface area contributed by atoms with Crippen LogP contribution in [0.4, 0.5) is 16.2 Å². The minimum atomic E-state index is -0.818. The Morgan fingerprint density at radius 3 is 2.51 bits per heavy atom. The summed E-state index contributed by atoms with van der Waals surface area (Å²) >= 11 is 0. The molecule has 3 aromatic rings. The van der Waals surface area contributed by atoms with E-state index < -0.39 is 6.04 Å². The minimum absolute atomic E-state index is 0.0591. The fraction of sp³-hybridized carbons (Fsp3) is 0.240. The van der Waals surface area contributed by atoms with Crippen LogP contribution < -0.4 is 20.1 Å². The lowest BCUT2D eigenvalue weighted by Gasteiger charge is -2.39. The Hall–Kier alpha value is -4.47. The standard InChI is InChI=1S/C25H24N4O6/c1-33-17-11-16(12-18(13-17)34-2)26-25(32)28-7-8-29-21(14-28)23(30)27-20-6-5-15(10-19(20)24(29)31)22-4-3-9-35-22/h3-6,9-13,21H,7-8,14H2,1-2H3,(H,26,32)(H,27,30). The Labute approximate surface area is 201 Å². The molecule has 10 nitrogen and oxygen atoms in total. The van der Waals surface area contributed by atoms with Gasteiger partial charge >= 0.3 is 6.03 Å². The lowest BCUT2D eigenvalue weighted by molar-refractivity contribution is -0.121. The summed E-state index contributed by atoms with van der Waals surface area (Å²) in [5.41, 5.74) is 2.05. The van der Waals surface area contributed by atoms with Crippen LogP contribution in [-0.4, -0.2) is 67.5 Å². The van der Waals surface area contributed by atoms with E-state index in [1.165, 1.54) is 24.0 Å². The van der Waals surface area contributed by atoms with Gasteiger partial charge in [0.2, 0.25) is 5.91 Å². The Morgan fingerprint density at radius 2 is 1.83 bits per heavy atom. The number of methoxy groups -OCH3 is 2. The van der Waals surface area contributed by atoms with E-state index in [0.29, 0.717) is 34.2 Å². The summed E-state index contributed by atoms with van der Waals surface area (Å²) in [6, 6.07) is 12.6. The van der Waals surface area contributed by atoms with Gasteiger partial charge < -0.3 is 34.3 Å². The molecule has 4 amide bonds. The van der Waals surface area contributed by atoms with Crippen molar-refractivity contribution >= 4 is 29.2 Å². The van der Waals surface area contributed by atoms with Crippen LogP contribution in [0.1, 0.15) is 10.4 Å². The summed E-state index contributed by atoms with van der Waals surface area (Å²) in [5.74, 6) is 1.08. The number of benzene rings is 2. The number of urea groups is 1. The van der Waals surface area contributed by atoms with Crippen LogP contribution in [0.5, 0.6) is 11.5 Å². The summed E-state index contributed by atoms with van der Waals surface area (Å²) in [6.07, 6.45) is 1.56. The first kappa shape index (κ1) is 22.3. The molecule has 2 aromatic carbocycles. The molecule has 1 unspecified atom stereocenters. The van der Waals surface area contributed by atoms with Crippen molar-refractivity contribution < 1.29 is 28.3 Å². The summed E-state index contributed by atoms with van der Waals surface area (Å²) in [5, 5.41) is 5.66. The second kappa shape index (κ2) is 9.05. The van der Waals surface area contributed by atoms with Gasteiger partial charge in [0.1, 0.15) is 23.3 Å². The van der Waals surface area contributed by atoms with E-state index in [1.54, 1.807) is 54.8 Å². The predicted octanol–water partition coefficient (Wildman–Crippen LogP) is 3.27. The van der Waals surface area contributed by atoms with Crippen molar-refractivity contribution in [2.24, 2.45) is 0 Å². The van der Waals surface area contributed by atoms with Crippen molar-refractivity contribution in [2.75, 3.05) is 44.5 Å². The van der Waals surface area contributed by atoms with Gasteiger partial charge in [-0.2, -0.15) is 0 Å². The summed E-state index contributed by atoms with van der Waals surface area (Å²) in [6.45, 7) is 0.551. The van der Waals surface area contributed by atoms with Crippen molar-refractivity contribution in [1.82, 2.24) is 9.80 Å². The Balaban J connectivity index is 1.34. The van der Waals surface area contributed by atoms with Crippen molar-refractivity contribution in [3.05, 3.63) is 60.4 Å². The quantitative estimate of drug-likeness (QED) is 0.598. The van der Waals surface area contributed by atoms with E-state index in [4.69, 9.17) is 13.9 Å². The first-order valence-electron chi connectivity index (χ1n) is 11.1. The van der Waals surface area contributed by atoms with Gasteiger partial charge in [0.15, 0.2) is 0 Å². The highest BCUT2D eigenvalue weighted by Crippen LogP contribution is 2.31. The molecule has 3 heterocycles. The zero-order valence-electron chi connectivity index (χ0n) is 19.2. The molecule has 1 atom stereocenters. The maximum atomic E-state index is 13.4. The normalized spacial score (nSPS) is 17.1. The average Bonchev–Trinajstić information content (AvgIpc) is 3.40. The molecule has 1 saturated heterocycles. The lowest BCUT2D eigenvalue weighted by Crippen LogP contribution is -2.60. The molecule has 2 N–H and O–H groups in total. The molecule has 0 saturated carbocycles. The fourth-order valence-electron chi connectivity index (χ4n) is 4.31. The number of nitrogens with one attached hydrogen (secondary N) is 2. The van der Waals surface area contributed by atoms with E-state index in [-0.39, 0.29) is 37.5 Å². The predicted molar refractivity (Wildman–Crippen MR) is 128 cm³/mol. The molecule has 0 aliphatic carbocycles. The summed E-state index contributed by atoms with van der Waals surface area (Å²) < 4.78 is 15.9. The number of amides is 4.